The summed E-state index contributed by atoms with van der Waals surface area (Å²) in [6.45, 7) is 1.94. The standard InChI is InChI=1S/C10H18N4O/c1-15-6-5-14-9(7-11)12-13-10(14)8-3-2-4-8/h8H,2-7,11H2,1H3. The van der Waals surface area contributed by atoms with E-state index in [1.165, 1.54) is 19.3 Å². The fourth-order valence-electron chi connectivity index (χ4n) is 1.89. The maximum absolute atomic E-state index is 5.63. The Balaban J connectivity index is 2.16. The van der Waals surface area contributed by atoms with Gasteiger partial charge in [0.1, 0.15) is 11.6 Å². The second-order valence-corrected chi connectivity index (χ2v) is 3.95. The summed E-state index contributed by atoms with van der Waals surface area (Å²) in [7, 11) is 1.70. The molecule has 0 aromatic carbocycles. The van der Waals surface area contributed by atoms with Gasteiger partial charge in [-0.1, -0.05) is 6.42 Å². The molecule has 0 amide bonds. The SMILES string of the molecule is COCCn1c(CN)nnc1C1CCC1. The molecule has 2 rings (SSSR count). The smallest absolute Gasteiger partial charge is 0.146 e. The van der Waals surface area contributed by atoms with Crippen LogP contribution in [0.3, 0.4) is 0 Å². The summed E-state index contributed by atoms with van der Waals surface area (Å²) in [6.07, 6.45) is 3.77. The largest absolute Gasteiger partial charge is 0.383 e. The van der Waals surface area contributed by atoms with Crippen molar-refractivity contribution in [3.8, 4) is 0 Å². The van der Waals surface area contributed by atoms with Crippen LogP contribution in [0, 0.1) is 0 Å². The molecule has 0 radical (unpaired) electrons. The van der Waals surface area contributed by atoms with Crippen LogP contribution in [0.4, 0.5) is 0 Å². The third-order valence-corrected chi connectivity index (χ3v) is 3.03. The molecule has 84 valence electrons. The normalized spacial score (nSPS) is 16.7. The molecular weight excluding hydrogens is 192 g/mol. The van der Waals surface area contributed by atoms with Crippen molar-refractivity contribution in [3.63, 3.8) is 0 Å². The van der Waals surface area contributed by atoms with Crippen molar-refractivity contribution in [1.29, 1.82) is 0 Å². The number of nitrogens with zero attached hydrogens (tertiary/aromatic N) is 3. The number of rotatable bonds is 5. The van der Waals surface area contributed by atoms with E-state index in [-0.39, 0.29) is 0 Å². The molecule has 1 aliphatic rings. The number of methoxy groups -OCH3 is 1. The molecule has 1 saturated carbocycles. The lowest BCUT2D eigenvalue weighted by Crippen LogP contribution is -2.19. The van der Waals surface area contributed by atoms with Crippen LogP contribution in [0.15, 0.2) is 0 Å². The van der Waals surface area contributed by atoms with Crippen molar-refractivity contribution in [3.05, 3.63) is 11.6 Å². The highest BCUT2D eigenvalue weighted by molar-refractivity contribution is 5.05. The lowest BCUT2D eigenvalue weighted by molar-refractivity contribution is 0.183. The predicted octanol–water partition coefficient (Wildman–Crippen LogP) is 0.651. The highest BCUT2D eigenvalue weighted by atomic mass is 16.5. The molecule has 1 aromatic heterocycles. The molecule has 1 aromatic rings. The minimum Gasteiger partial charge on any atom is -0.383 e. The molecule has 15 heavy (non-hydrogen) atoms. The minimum absolute atomic E-state index is 0.448. The molecule has 1 aliphatic carbocycles. The fraction of sp³-hybridized carbons (Fsp3) is 0.800. The Kier molecular flexibility index (Phi) is 3.33. The van der Waals surface area contributed by atoms with Gasteiger partial charge in [-0.2, -0.15) is 0 Å². The molecule has 0 spiro atoms. The van der Waals surface area contributed by atoms with Crippen molar-refractivity contribution in [2.75, 3.05) is 13.7 Å². The summed E-state index contributed by atoms with van der Waals surface area (Å²) in [5.41, 5.74) is 5.63. The molecule has 5 nitrogen and oxygen atoms in total. The van der Waals surface area contributed by atoms with Gasteiger partial charge in [0.25, 0.3) is 0 Å². The third-order valence-electron chi connectivity index (χ3n) is 3.03. The van der Waals surface area contributed by atoms with Gasteiger partial charge in [-0.3, -0.25) is 0 Å². The lowest BCUT2D eigenvalue weighted by Gasteiger charge is -2.25. The van der Waals surface area contributed by atoms with E-state index in [1.54, 1.807) is 7.11 Å². The second-order valence-electron chi connectivity index (χ2n) is 3.95. The van der Waals surface area contributed by atoms with Crippen LogP contribution in [-0.4, -0.2) is 28.5 Å². The lowest BCUT2D eigenvalue weighted by atomic mass is 9.85. The first-order valence-electron chi connectivity index (χ1n) is 5.47. The summed E-state index contributed by atoms with van der Waals surface area (Å²) < 4.78 is 7.20. The molecule has 0 bridgehead atoms. The van der Waals surface area contributed by atoms with Crippen molar-refractivity contribution in [1.82, 2.24) is 14.8 Å². The first kappa shape index (κ1) is 10.6. The summed E-state index contributed by atoms with van der Waals surface area (Å²) in [5.74, 6) is 2.56. The van der Waals surface area contributed by atoms with Crippen molar-refractivity contribution >= 4 is 0 Å². The topological polar surface area (TPSA) is 66.0 Å². The van der Waals surface area contributed by atoms with Gasteiger partial charge in [-0.05, 0) is 12.8 Å². The Bertz CT molecular complexity index is 319. The number of ether oxygens (including phenoxy) is 1. The van der Waals surface area contributed by atoms with Gasteiger partial charge in [0, 0.05) is 19.6 Å². The Morgan fingerprint density at radius 1 is 1.47 bits per heavy atom. The average molecular weight is 210 g/mol. The summed E-state index contributed by atoms with van der Waals surface area (Å²) in [4.78, 5) is 0. The average Bonchev–Trinajstić information content (AvgIpc) is 2.55. The van der Waals surface area contributed by atoms with Crippen LogP contribution < -0.4 is 5.73 Å². The molecular formula is C10H18N4O. The van der Waals surface area contributed by atoms with Gasteiger partial charge in [0.2, 0.25) is 0 Å². The van der Waals surface area contributed by atoms with Crippen LogP contribution >= 0.6 is 0 Å². The van der Waals surface area contributed by atoms with Gasteiger partial charge < -0.3 is 15.0 Å². The van der Waals surface area contributed by atoms with Crippen LogP contribution in [0.2, 0.25) is 0 Å². The van der Waals surface area contributed by atoms with E-state index in [2.05, 4.69) is 14.8 Å². The van der Waals surface area contributed by atoms with E-state index in [0.717, 1.165) is 18.2 Å². The zero-order chi connectivity index (χ0) is 10.7. The monoisotopic (exact) mass is 210 g/mol. The Labute approximate surface area is 89.6 Å². The number of nitrogens with two attached hydrogens (primary N) is 1. The quantitative estimate of drug-likeness (QED) is 0.775. The molecule has 0 aliphatic heterocycles. The van der Waals surface area contributed by atoms with Crippen molar-refractivity contribution in [2.24, 2.45) is 5.73 Å². The Hall–Kier alpha value is -0.940. The van der Waals surface area contributed by atoms with E-state index in [4.69, 9.17) is 10.5 Å². The van der Waals surface area contributed by atoms with E-state index < -0.39 is 0 Å². The molecule has 0 atom stereocenters. The van der Waals surface area contributed by atoms with E-state index in [1.807, 2.05) is 0 Å². The summed E-state index contributed by atoms with van der Waals surface area (Å²) in [5, 5.41) is 8.36. The van der Waals surface area contributed by atoms with Gasteiger partial charge in [0.15, 0.2) is 0 Å². The van der Waals surface area contributed by atoms with Gasteiger partial charge >= 0.3 is 0 Å². The Morgan fingerprint density at radius 2 is 2.27 bits per heavy atom. The first-order valence-corrected chi connectivity index (χ1v) is 5.47. The highest BCUT2D eigenvalue weighted by Crippen LogP contribution is 2.35. The minimum atomic E-state index is 0.448. The zero-order valence-corrected chi connectivity index (χ0v) is 9.15. The number of hydrogen-bond acceptors (Lipinski definition) is 4. The highest BCUT2D eigenvalue weighted by Gasteiger charge is 2.25. The van der Waals surface area contributed by atoms with Crippen LogP contribution in [0.5, 0.6) is 0 Å². The third kappa shape index (κ3) is 2.03. The zero-order valence-electron chi connectivity index (χ0n) is 9.15. The van der Waals surface area contributed by atoms with Crippen LogP contribution in [0.1, 0.15) is 36.8 Å². The first-order chi connectivity index (χ1) is 7.36. The summed E-state index contributed by atoms with van der Waals surface area (Å²) in [6, 6.07) is 0. The predicted molar refractivity (Wildman–Crippen MR) is 56.4 cm³/mol. The van der Waals surface area contributed by atoms with E-state index in [9.17, 15) is 0 Å². The molecule has 1 heterocycles. The van der Waals surface area contributed by atoms with Crippen LogP contribution in [-0.2, 0) is 17.8 Å². The van der Waals surface area contributed by atoms with Crippen molar-refractivity contribution in [2.45, 2.75) is 38.3 Å². The van der Waals surface area contributed by atoms with Crippen LogP contribution in [0.25, 0.3) is 0 Å². The molecule has 0 unspecified atom stereocenters. The van der Waals surface area contributed by atoms with Gasteiger partial charge in [-0.25, -0.2) is 0 Å². The molecule has 2 N–H and O–H groups in total. The molecule has 0 saturated heterocycles. The fourth-order valence-corrected chi connectivity index (χ4v) is 1.89. The number of hydrogen-bond donors (Lipinski definition) is 1. The van der Waals surface area contributed by atoms with Gasteiger partial charge in [0.05, 0.1) is 13.2 Å². The second kappa shape index (κ2) is 4.72. The molecule has 5 heteroatoms. The van der Waals surface area contributed by atoms with Crippen molar-refractivity contribution < 1.29 is 4.74 Å². The number of aromatic nitrogens is 3. The summed E-state index contributed by atoms with van der Waals surface area (Å²) >= 11 is 0. The van der Waals surface area contributed by atoms with E-state index in [0.29, 0.717) is 19.1 Å². The maximum Gasteiger partial charge on any atom is 0.146 e. The van der Waals surface area contributed by atoms with Gasteiger partial charge in [-0.15, -0.1) is 10.2 Å². The van der Waals surface area contributed by atoms with E-state index >= 15 is 0 Å². The maximum atomic E-state index is 5.63. The Morgan fingerprint density at radius 3 is 2.80 bits per heavy atom. The molecule has 1 fully saturated rings.